The quantitative estimate of drug-likeness (QED) is 0.619. The second kappa shape index (κ2) is 6.17. The van der Waals surface area contributed by atoms with E-state index >= 15 is 0 Å². The van der Waals surface area contributed by atoms with Gasteiger partial charge >= 0.3 is 6.03 Å². The normalized spacial score (nSPS) is 11.7. The fourth-order valence-electron chi connectivity index (χ4n) is 1.75. The first kappa shape index (κ1) is 14.9. The number of anilines is 1. The molecular weight excluding hydrogens is 252 g/mol. The number of hydrogen-bond acceptors (Lipinski definition) is 4. The Morgan fingerprint density at radius 1 is 1.44 bits per heavy atom. The Labute approximate surface area is 111 Å². The van der Waals surface area contributed by atoms with Crippen molar-refractivity contribution in [2.45, 2.75) is 45.4 Å². The summed E-state index contributed by atoms with van der Waals surface area (Å²) >= 11 is 1.54. The fourth-order valence-corrected chi connectivity index (χ4v) is 2.39. The van der Waals surface area contributed by atoms with E-state index in [4.69, 9.17) is 0 Å². The molecule has 0 atom stereocenters. The summed E-state index contributed by atoms with van der Waals surface area (Å²) in [6.07, 6.45) is -0.698. The number of aliphatic hydroxyl groups is 2. The Hall–Kier alpha value is -1.11. The molecule has 6 heteroatoms. The Morgan fingerprint density at radius 3 is 2.44 bits per heavy atom. The molecule has 18 heavy (non-hydrogen) atoms. The van der Waals surface area contributed by atoms with Crippen molar-refractivity contribution in [2.75, 3.05) is 5.32 Å². The largest absolute Gasteiger partial charge is 0.366 e. The lowest BCUT2D eigenvalue weighted by atomic mass is 9.92. The monoisotopic (exact) mass is 272 g/mol. The molecule has 1 aromatic heterocycles. The topological polar surface area (TPSA) is 81.6 Å². The molecule has 1 heterocycles. The van der Waals surface area contributed by atoms with E-state index in [9.17, 15) is 15.0 Å². The molecule has 0 spiro atoms. The molecule has 0 fully saturated rings. The number of rotatable bonds is 5. The summed E-state index contributed by atoms with van der Waals surface area (Å²) < 4.78 is 0. The molecule has 4 N–H and O–H groups in total. The highest BCUT2D eigenvalue weighted by Gasteiger charge is 2.35. The van der Waals surface area contributed by atoms with Crippen LogP contribution in [0.3, 0.4) is 0 Å². The average Bonchev–Trinajstić information content (AvgIpc) is 2.71. The third-order valence-corrected chi connectivity index (χ3v) is 3.97. The van der Waals surface area contributed by atoms with E-state index < -0.39 is 17.9 Å². The molecule has 0 aliphatic rings. The summed E-state index contributed by atoms with van der Waals surface area (Å²) in [6, 6.07) is 1.43. The summed E-state index contributed by atoms with van der Waals surface area (Å²) in [7, 11) is 0. The fraction of sp³-hybridized carbons (Fsp3) is 0.583. The Kier molecular flexibility index (Phi) is 5.13. The second-order valence-corrected chi connectivity index (χ2v) is 5.38. The number of thiophene rings is 1. The third kappa shape index (κ3) is 3.44. The van der Waals surface area contributed by atoms with Gasteiger partial charge in [-0.1, -0.05) is 13.8 Å². The highest BCUT2D eigenvalue weighted by Crippen LogP contribution is 2.21. The van der Waals surface area contributed by atoms with Crippen LogP contribution in [0.25, 0.3) is 0 Å². The van der Waals surface area contributed by atoms with Gasteiger partial charge in [0.25, 0.3) is 0 Å². The summed E-state index contributed by atoms with van der Waals surface area (Å²) in [5, 5.41) is 26.0. The van der Waals surface area contributed by atoms with Crippen LogP contribution in [0, 0.1) is 6.92 Å². The van der Waals surface area contributed by atoms with Crippen LogP contribution in [-0.4, -0.2) is 28.1 Å². The van der Waals surface area contributed by atoms with Crippen molar-refractivity contribution < 1.29 is 15.0 Å². The Bertz CT molecular complexity index is 400. The number of carbonyl (C=O) groups is 1. The first-order chi connectivity index (χ1) is 8.43. The molecule has 2 amide bonds. The highest BCUT2D eigenvalue weighted by molar-refractivity contribution is 7.10. The minimum atomic E-state index is -1.58. The van der Waals surface area contributed by atoms with Gasteiger partial charge < -0.3 is 20.8 Å². The van der Waals surface area contributed by atoms with E-state index in [-0.39, 0.29) is 0 Å². The lowest BCUT2D eigenvalue weighted by molar-refractivity contribution is -0.107. The third-order valence-electron chi connectivity index (χ3n) is 3.11. The molecule has 102 valence electrons. The van der Waals surface area contributed by atoms with Crippen LogP contribution in [0.4, 0.5) is 10.5 Å². The molecule has 1 rings (SSSR count). The van der Waals surface area contributed by atoms with Gasteiger partial charge in [-0.15, -0.1) is 11.3 Å². The van der Waals surface area contributed by atoms with Gasteiger partial charge in [-0.05, 0) is 25.8 Å². The van der Waals surface area contributed by atoms with E-state index in [2.05, 4.69) is 10.6 Å². The molecule has 0 aliphatic carbocycles. The van der Waals surface area contributed by atoms with Crippen molar-refractivity contribution in [1.82, 2.24) is 5.32 Å². The zero-order valence-corrected chi connectivity index (χ0v) is 11.7. The molecule has 0 bridgehead atoms. The van der Waals surface area contributed by atoms with Crippen LogP contribution in [0.15, 0.2) is 11.4 Å². The molecule has 5 nitrogen and oxygen atoms in total. The van der Waals surface area contributed by atoms with E-state index in [0.29, 0.717) is 18.5 Å². The van der Waals surface area contributed by atoms with Gasteiger partial charge in [-0.3, -0.25) is 0 Å². The highest BCUT2D eigenvalue weighted by atomic mass is 32.1. The van der Waals surface area contributed by atoms with Crippen molar-refractivity contribution in [2.24, 2.45) is 0 Å². The van der Waals surface area contributed by atoms with E-state index in [1.54, 1.807) is 25.2 Å². The standard InChI is InChI=1S/C12H20N2O3S/c1-4-12(5-2,10(15)16)14-11(17)13-9-6-8(3)18-7-9/h6-7,10,15-16H,4-5H2,1-3H3,(H2,13,14,17). The van der Waals surface area contributed by atoms with E-state index in [1.807, 2.05) is 18.4 Å². The van der Waals surface area contributed by atoms with Crippen LogP contribution in [0.2, 0.25) is 0 Å². The van der Waals surface area contributed by atoms with Crippen molar-refractivity contribution in [1.29, 1.82) is 0 Å². The lowest BCUT2D eigenvalue weighted by Gasteiger charge is -2.34. The molecular formula is C12H20N2O3S. The van der Waals surface area contributed by atoms with Crippen molar-refractivity contribution in [3.63, 3.8) is 0 Å². The van der Waals surface area contributed by atoms with Crippen molar-refractivity contribution in [3.05, 3.63) is 16.3 Å². The maximum Gasteiger partial charge on any atom is 0.319 e. The summed E-state index contributed by atoms with van der Waals surface area (Å²) in [4.78, 5) is 12.9. The van der Waals surface area contributed by atoms with Gasteiger partial charge in [0.05, 0.1) is 11.2 Å². The smallest absolute Gasteiger partial charge is 0.319 e. The maximum absolute atomic E-state index is 11.8. The van der Waals surface area contributed by atoms with Crippen LogP contribution in [0.1, 0.15) is 31.6 Å². The van der Waals surface area contributed by atoms with Gasteiger partial charge in [0, 0.05) is 10.3 Å². The lowest BCUT2D eigenvalue weighted by Crippen LogP contribution is -2.57. The first-order valence-electron chi connectivity index (χ1n) is 5.94. The van der Waals surface area contributed by atoms with E-state index in [0.717, 1.165) is 4.88 Å². The molecule has 0 aliphatic heterocycles. The predicted octanol–water partition coefficient (Wildman–Crippen LogP) is 2.05. The summed E-state index contributed by atoms with van der Waals surface area (Å²) in [5.74, 6) is 0. The minimum Gasteiger partial charge on any atom is -0.366 e. The second-order valence-electron chi connectivity index (χ2n) is 4.26. The number of carbonyl (C=O) groups excluding carboxylic acids is 1. The first-order valence-corrected chi connectivity index (χ1v) is 6.82. The van der Waals surface area contributed by atoms with Gasteiger partial charge in [0.15, 0.2) is 6.29 Å². The van der Waals surface area contributed by atoms with E-state index in [1.165, 1.54) is 0 Å². The van der Waals surface area contributed by atoms with Crippen LogP contribution in [-0.2, 0) is 0 Å². The SMILES string of the molecule is CCC(CC)(NC(=O)Nc1csc(C)c1)C(O)O. The Balaban J connectivity index is 2.67. The number of aliphatic hydroxyl groups excluding tert-OH is 1. The maximum atomic E-state index is 11.8. The van der Waals surface area contributed by atoms with Gasteiger partial charge in [-0.25, -0.2) is 4.79 Å². The number of amides is 2. The molecule has 0 saturated heterocycles. The zero-order chi connectivity index (χ0) is 13.8. The molecule has 1 aromatic rings. The van der Waals surface area contributed by atoms with Crippen LogP contribution in [0.5, 0.6) is 0 Å². The zero-order valence-electron chi connectivity index (χ0n) is 10.9. The number of urea groups is 1. The molecule has 0 unspecified atom stereocenters. The van der Waals surface area contributed by atoms with Gasteiger partial charge in [-0.2, -0.15) is 0 Å². The van der Waals surface area contributed by atoms with Gasteiger partial charge in [0.1, 0.15) is 0 Å². The average molecular weight is 272 g/mol. The Morgan fingerprint density at radius 2 is 2.06 bits per heavy atom. The van der Waals surface area contributed by atoms with Crippen molar-refractivity contribution >= 4 is 23.1 Å². The van der Waals surface area contributed by atoms with Crippen LogP contribution < -0.4 is 10.6 Å². The van der Waals surface area contributed by atoms with Crippen LogP contribution >= 0.6 is 11.3 Å². The summed E-state index contributed by atoms with van der Waals surface area (Å²) in [5.41, 5.74) is -0.293. The predicted molar refractivity (Wildman–Crippen MR) is 72.7 cm³/mol. The summed E-state index contributed by atoms with van der Waals surface area (Å²) in [6.45, 7) is 5.56. The molecule has 0 saturated carbocycles. The minimum absolute atomic E-state index is 0.426. The van der Waals surface area contributed by atoms with Crippen molar-refractivity contribution in [3.8, 4) is 0 Å². The number of nitrogens with one attached hydrogen (secondary N) is 2. The molecule has 0 aromatic carbocycles. The number of aryl methyl sites for hydroxylation is 1. The molecule has 0 radical (unpaired) electrons. The van der Waals surface area contributed by atoms with Gasteiger partial charge in [0.2, 0.25) is 0 Å². The number of hydrogen-bond donors (Lipinski definition) is 4.